The third-order valence-corrected chi connectivity index (χ3v) is 7.65. The topological polar surface area (TPSA) is 46.9 Å². The summed E-state index contributed by atoms with van der Waals surface area (Å²) in [5.74, 6) is -0.534. The van der Waals surface area contributed by atoms with Crippen molar-refractivity contribution in [2.24, 2.45) is 0 Å². The summed E-state index contributed by atoms with van der Waals surface area (Å²) in [5, 5.41) is 7.71. The summed E-state index contributed by atoms with van der Waals surface area (Å²) in [6.07, 6.45) is 7.20. The van der Waals surface area contributed by atoms with E-state index >= 15 is 0 Å². The normalized spacial score (nSPS) is 11.7. The van der Waals surface area contributed by atoms with Crippen molar-refractivity contribution < 1.29 is 9.18 Å². The molecular weight excluding hydrogens is 468 g/mol. The van der Waals surface area contributed by atoms with Gasteiger partial charge in [-0.05, 0) is 66.4 Å². The van der Waals surface area contributed by atoms with Crippen molar-refractivity contribution in [2.45, 2.75) is 38.4 Å². The quantitative estimate of drug-likeness (QED) is 0.194. The van der Waals surface area contributed by atoms with E-state index in [0.717, 1.165) is 35.2 Å². The average Bonchev–Trinajstić information content (AvgIpc) is 3.31. The maximum Gasteiger partial charge on any atom is 0.248 e. The highest BCUT2D eigenvalue weighted by Gasteiger charge is 2.22. The van der Waals surface area contributed by atoms with Crippen LogP contribution < -0.4 is 5.32 Å². The number of carbonyl (C=O) groups excluding carboxylic acids is 1. The fourth-order valence-electron chi connectivity index (χ4n) is 4.14. The molecule has 0 radical (unpaired) electrons. The smallest absolute Gasteiger partial charge is 0.248 e. The molecule has 0 aliphatic carbocycles. The first kappa shape index (κ1) is 25.5. The Morgan fingerprint density at radius 1 is 1.00 bits per heavy atom. The van der Waals surface area contributed by atoms with Crippen LogP contribution in [0.15, 0.2) is 91.1 Å². The molecule has 1 heterocycles. The summed E-state index contributed by atoms with van der Waals surface area (Å²) in [7, 11) is 2.97. The summed E-state index contributed by atoms with van der Waals surface area (Å²) in [6, 6.07) is 24.3. The van der Waals surface area contributed by atoms with Crippen LogP contribution in [-0.4, -0.2) is 15.7 Å². The second kappa shape index (κ2) is 11.5. The van der Waals surface area contributed by atoms with E-state index in [1.165, 1.54) is 23.8 Å². The van der Waals surface area contributed by atoms with Gasteiger partial charge in [0, 0.05) is 34.2 Å². The van der Waals surface area contributed by atoms with Gasteiger partial charge < -0.3 is 5.32 Å². The predicted octanol–water partition coefficient (Wildman–Crippen LogP) is 7.28. The van der Waals surface area contributed by atoms with E-state index in [9.17, 15) is 9.18 Å². The molecule has 6 heteroatoms. The minimum atomic E-state index is -0.304. The standard InChI is InChI=1S/C30H31FN3OP/c1-3-30(36,4-2)25-13-17-27(18-14-25)32-28(35)19-12-24-21-34(20-22-8-6-5-7-9-22)33-29(24)23-10-15-26(31)16-11-23/h5-19,21H,3-4,20,36H2,1-2H3,(H,32,35)/b19-12+. The van der Waals surface area contributed by atoms with Crippen LogP contribution in [0.25, 0.3) is 17.3 Å². The first-order valence-electron chi connectivity index (χ1n) is 12.2. The first-order chi connectivity index (χ1) is 17.4. The molecule has 1 unspecified atom stereocenters. The van der Waals surface area contributed by atoms with Crippen molar-refractivity contribution in [3.05, 3.63) is 114 Å². The Morgan fingerprint density at radius 2 is 1.67 bits per heavy atom. The van der Waals surface area contributed by atoms with E-state index in [2.05, 4.69) is 40.5 Å². The fourth-order valence-corrected chi connectivity index (χ4v) is 4.33. The molecule has 1 amide bonds. The Hall–Kier alpha value is -3.56. The molecule has 4 aromatic rings. The zero-order valence-corrected chi connectivity index (χ0v) is 21.8. The maximum absolute atomic E-state index is 13.5. The van der Waals surface area contributed by atoms with Crippen LogP contribution >= 0.6 is 9.24 Å². The Labute approximate surface area is 214 Å². The van der Waals surface area contributed by atoms with Crippen LogP contribution in [0, 0.1) is 5.82 Å². The summed E-state index contributed by atoms with van der Waals surface area (Å²) in [6.45, 7) is 4.95. The molecule has 0 fully saturated rings. The highest BCUT2D eigenvalue weighted by molar-refractivity contribution is 7.18. The maximum atomic E-state index is 13.5. The Morgan fingerprint density at radius 3 is 2.31 bits per heavy atom. The average molecular weight is 500 g/mol. The third-order valence-electron chi connectivity index (χ3n) is 6.50. The van der Waals surface area contributed by atoms with Crippen LogP contribution in [0.1, 0.15) is 43.4 Å². The first-order valence-corrected chi connectivity index (χ1v) is 12.7. The Balaban J connectivity index is 1.53. The molecule has 184 valence electrons. The van der Waals surface area contributed by atoms with E-state index in [1.54, 1.807) is 18.2 Å². The van der Waals surface area contributed by atoms with E-state index < -0.39 is 0 Å². The lowest BCUT2D eigenvalue weighted by Crippen LogP contribution is -2.15. The number of benzene rings is 3. The molecule has 0 saturated carbocycles. The van der Waals surface area contributed by atoms with Crippen LogP contribution in [0.3, 0.4) is 0 Å². The fraction of sp³-hybridized carbons (Fsp3) is 0.200. The largest absolute Gasteiger partial charge is 0.323 e. The number of amides is 1. The van der Waals surface area contributed by atoms with Gasteiger partial charge >= 0.3 is 0 Å². The summed E-state index contributed by atoms with van der Waals surface area (Å²) < 4.78 is 15.3. The number of nitrogens with one attached hydrogen (secondary N) is 1. The second-order valence-electron chi connectivity index (χ2n) is 8.89. The number of anilines is 1. The number of aromatic nitrogens is 2. The number of carbonyl (C=O) groups is 1. The summed E-state index contributed by atoms with van der Waals surface area (Å²) in [4.78, 5) is 12.7. The zero-order valence-electron chi connectivity index (χ0n) is 20.6. The van der Waals surface area contributed by atoms with Crippen molar-refractivity contribution in [1.29, 1.82) is 0 Å². The van der Waals surface area contributed by atoms with Gasteiger partial charge in [-0.25, -0.2) is 4.39 Å². The van der Waals surface area contributed by atoms with Gasteiger partial charge in [0.05, 0.1) is 12.2 Å². The van der Waals surface area contributed by atoms with Crippen LogP contribution in [0.5, 0.6) is 0 Å². The van der Waals surface area contributed by atoms with Gasteiger partial charge in [0.15, 0.2) is 0 Å². The molecule has 0 bridgehead atoms. The molecule has 4 rings (SSSR count). The van der Waals surface area contributed by atoms with Gasteiger partial charge in [0.25, 0.3) is 0 Å². The molecule has 0 aliphatic rings. The Kier molecular flexibility index (Phi) is 8.12. The number of hydrogen-bond donors (Lipinski definition) is 1. The van der Waals surface area contributed by atoms with Gasteiger partial charge in [-0.2, -0.15) is 5.10 Å². The Bertz CT molecular complexity index is 1330. The van der Waals surface area contributed by atoms with Crippen molar-refractivity contribution in [1.82, 2.24) is 9.78 Å². The van der Waals surface area contributed by atoms with E-state index in [4.69, 9.17) is 5.10 Å². The lowest BCUT2D eigenvalue weighted by molar-refractivity contribution is -0.111. The third kappa shape index (κ3) is 6.16. The minimum absolute atomic E-state index is 0.0547. The summed E-state index contributed by atoms with van der Waals surface area (Å²) >= 11 is 0. The lowest BCUT2D eigenvalue weighted by atomic mass is 9.92. The SMILES string of the molecule is CCC(P)(CC)c1ccc(NC(=O)/C=C/c2cn(Cc3ccccc3)nc2-c2ccc(F)cc2)cc1. The van der Waals surface area contributed by atoms with Gasteiger partial charge in [0.1, 0.15) is 5.82 Å². The van der Waals surface area contributed by atoms with Gasteiger partial charge in [0.2, 0.25) is 5.91 Å². The van der Waals surface area contributed by atoms with Crippen molar-refractivity contribution in [3.63, 3.8) is 0 Å². The molecule has 4 nitrogen and oxygen atoms in total. The monoisotopic (exact) mass is 499 g/mol. The molecule has 1 atom stereocenters. The van der Waals surface area contributed by atoms with Gasteiger partial charge in [-0.1, -0.05) is 56.3 Å². The second-order valence-corrected chi connectivity index (χ2v) is 9.99. The van der Waals surface area contributed by atoms with E-state index in [1.807, 2.05) is 53.3 Å². The van der Waals surface area contributed by atoms with Crippen LogP contribution in [0.4, 0.5) is 10.1 Å². The summed E-state index contributed by atoms with van der Waals surface area (Å²) in [5.41, 5.74) is 5.35. The van der Waals surface area contributed by atoms with E-state index in [-0.39, 0.29) is 16.9 Å². The molecule has 0 aliphatic heterocycles. The highest BCUT2D eigenvalue weighted by Crippen LogP contribution is 2.38. The predicted molar refractivity (Wildman–Crippen MR) is 149 cm³/mol. The van der Waals surface area contributed by atoms with Crippen molar-refractivity contribution >= 4 is 26.9 Å². The molecular formula is C30H31FN3OP. The zero-order chi connectivity index (χ0) is 25.5. The number of nitrogens with zero attached hydrogens (tertiary/aromatic N) is 2. The highest BCUT2D eigenvalue weighted by atomic mass is 31.0. The van der Waals surface area contributed by atoms with Crippen LogP contribution in [-0.2, 0) is 16.5 Å². The van der Waals surface area contributed by atoms with Crippen molar-refractivity contribution in [2.75, 3.05) is 5.32 Å². The minimum Gasteiger partial charge on any atom is -0.323 e. The number of halogens is 1. The number of hydrogen-bond acceptors (Lipinski definition) is 2. The molecule has 0 saturated heterocycles. The molecule has 1 N–H and O–H groups in total. The lowest BCUT2D eigenvalue weighted by Gasteiger charge is -2.27. The van der Waals surface area contributed by atoms with Gasteiger partial charge in [-0.3, -0.25) is 9.48 Å². The van der Waals surface area contributed by atoms with Crippen LogP contribution in [0.2, 0.25) is 0 Å². The molecule has 36 heavy (non-hydrogen) atoms. The molecule has 3 aromatic carbocycles. The van der Waals surface area contributed by atoms with Crippen molar-refractivity contribution in [3.8, 4) is 11.3 Å². The molecule has 0 spiro atoms. The number of rotatable bonds is 9. The van der Waals surface area contributed by atoms with Gasteiger partial charge in [-0.15, -0.1) is 9.24 Å². The molecule has 1 aromatic heterocycles. The van der Waals surface area contributed by atoms with E-state index in [0.29, 0.717) is 12.2 Å².